The van der Waals surface area contributed by atoms with Gasteiger partial charge in [0.05, 0.1) is 5.88 Å². The largest absolute Gasteiger partial charge is 0.480 e. The van der Waals surface area contributed by atoms with Crippen molar-refractivity contribution >= 4 is 29.7 Å². The van der Waals surface area contributed by atoms with Crippen LogP contribution in [0.2, 0.25) is 0 Å². The molecule has 7 nitrogen and oxygen atoms in total. The van der Waals surface area contributed by atoms with Crippen molar-refractivity contribution in [3.63, 3.8) is 0 Å². The Morgan fingerprint density at radius 1 is 1.47 bits per heavy atom. The Hall–Kier alpha value is -1.44. The second-order valence-corrected chi connectivity index (χ2v) is 5.51. The van der Waals surface area contributed by atoms with Crippen molar-refractivity contribution in [1.82, 2.24) is 15.1 Å². The summed E-state index contributed by atoms with van der Waals surface area (Å²) >= 11 is 1.42. The Morgan fingerprint density at radius 3 is 2.84 bits per heavy atom. The Balaban J connectivity index is 2.13. The number of aliphatic carboxylic acids is 1. The summed E-state index contributed by atoms with van der Waals surface area (Å²) < 4.78 is 0. The van der Waals surface area contributed by atoms with E-state index >= 15 is 0 Å². The van der Waals surface area contributed by atoms with Gasteiger partial charge in [-0.05, 0) is 6.42 Å². The highest BCUT2D eigenvalue weighted by Gasteiger charge is 2.40. The molecule has 0 saturated carbocycles. The molecule has 2 aliphatic rings. The molecule has 2 unspecified atom stereocenters. The summed E-state index contributed by atoms with van der Waals surface area (Å²) in [6.45, 7) is 2.68. The van der Waals surface area contributed by atoms with Gasteiger partial charge in [-0.1, -0.05) is 6.92 Å². The van der Waals surface area contributed by atoms with Crippen LogP contribution in [0.3, 0.4) is 0 Å². The van der Waals surface area contributed by atoms with Gasteiger partial charge in [-0.25, -0.2) is 9.59 Å². The number of hydrogen-bond acceptors (Lipinski definition) is 4. The van der Waals surface area contributed by atoms with Crippen LogP contribution >= 0.6 is 11.8 Å². The molecule has 2 N–H and O–H groups in total. The normalized spacial score (nSPS) is 27.3. The van der Waals surface area contributed by atoms with Crippen LogP contribution in [0.15, 0.2) is 0 Å². The number of hydrogen-bond donors (Lipinski definition) is 2. The number of nitrogens with one attached hydrogen (secondary N) is 1. The highest BCUT2D eigenvalue weighted by molar-refractivity contribution is 7.99. The van der Waals surface area contributed by atoms with Crippen molar-refractivity contribution in [3.8, 4) is 0 Å². The Morgan fingerprint density at radius 2 is 2.21 bits per heavy atom. The first-order valence-electron chi connectivity index (χ1n) is 6.21. The lowest BCUT2D eigenvalue weighted by molar-refractivity contribution is -0.141. The number of carbonyl (C=O) groups is 3. The highest BCUT2D eigenvalue weighted by atomic mass is 32.2. The second kappa shape index (κ2) is 5.68. The summed E-state index contributed by atoms with van der Waals surface area (Å²) in [4.78, 5) is 38.1. The molecule has 2 fully saturated rings. The zero-order chi connectivity index (χ0) is 14.0. The maximum Gasteiger partial charge on any atom is 0.327 e. The first-order valence-corrected chi connectivity index (χ1v) is 7.37. The molecule has 0 radical (unpaired) electrons. The van der Waals surface area contributed by atoms with E-state index in [4.69, 9.17) is 5.11 Å². The number of carbonyl (C=O) groups excluding carboxylic acids is 2. The molecule has 0 aromatic rings. The lowest BCUT2D eigenvalue weighted by Crippen LogP contribution is -2.60. The van der Waals surface area contributed by atoms with E-state index in [-0.39, 0.29) is 11.9 Å². The topological polar surface area (TPSA) is 90.0 Å². The average Bonchev–Trinajstić information content (AvgIpc) is 2.86. The van der Waals surface area contributed by atoms with Crippen molar-refractivity contribution in [2.75, 3.05) is 24.7 Å². The van der Waals surface area contributed by atoms with Crippen LogP contribution in [0, 0.1) is 0 Å². The van der Waals surface area contributed by atoms with Crippen LogP contribution in [0.25, 0.3) is 0 Å². The molecule has 2 heterocycles. The van der Waals surface area contributed by atoms with E-state index in [1.54, 1.807) is 0 Å². The van der Waals surface area contributed by atoms with Crippen LogP contribution in [0.5, 0.6) is 0 Å². The van der Waals surface area contributed by atoms with Gasteiger partial charge in [0.25, 0.3) is 0 Å². The number of thioether (sulfide) groups is 1. The fourth-order valence-corrected chi connectivity index (χ4v) is 3.49. The fourth-order valence-electron chi connectivity index (χ4n) is 2.35. The zero-order valence-corrected chi connectivity index (χ0v) is 11.5. The first kappa shape index (κ1) is 14.0. The quantitative estimate of drug-likeness (QED) is 0.732. The predicted octanol–water partition coefficient (Wildman–Crippen LogP) is -0.224. The van der Waals surface area contributed by atoms with E-state index in [0.717, 1.165) is 0 Å². The van der Waals surface area contributed by atoms with Crippen LogP contribution in [0.4, 0.5) is 4.79 Å². The van der Waals surface area contributed by atoms with Gasteiger partial charge >= 0.3 is 12.0 Å². The molecule has 0 bridgehead atoms. The van der Waals surface area contributed by atoms with Crippen LogP contribution < -0.4 is 5.32 Å². The van der Waals surface area contributed by atoms with Crippen LogP contribution in [0.1, 0.15) is 13.3 Å². The minimum atomic E-state index is -0.993. The van der Waals surface area contributed by atoms with E-state index in [9.17, 15) is 14.4 Å². The third-order valence-electron chi connectivity index (χ3n) is 3.38. The smallest absolute Gasteiger partial charge is 0.327 e. The van der Waals surface area contributed by atoms with Crippen molar-refractivity contribution in [3.05, 3.63) is 0 Å². The van der Waals surface area contributed by atoms with Gasteiger partial charge in [0.1, 0.15) is 12.1 Å². The molecule has 3 amide bonds. The Kier molecular flexibility index (Phi) is 4.18. The molecule has 19 heavy (non-hydrogen) atoms. The standard InChI is InChI=1S/C11H17N3O4S/c1-2-7-9(15)12-3-4-13(7)11(18)14-6-19-5-8(14)10(16)17/h7-8H,2-6H2,1H3,(H,12,15)(H,16,17). The number of amides is 3. The molecule has 0 aliphatic carbocycles. The van der Waals surface area contributed by atoms with E-state index in [1.807, 2.05) is 6.92 Å². The third kappa shape index (κ3) is 2.63. The van der Waals surface area contributed by atoms with Gasteiger partial charge in [0.15, 0.2) is 0 Å². The lowest BCUT2D eigenvalue weighted by atomic mass is 10.1. The molecule has 106 valence electrons. The van der Waals surface area contributed by atoms with Gasteiger partial charge < -0.3 is 20.2 Å². The van der Waals surface area contributed by atoms with Crippen molar-refractivity contribution in [2.24, 2.45) is 0 Å². The predicted molar refractivity (Wildman–Crippen MR) is 69.8 cm³/mol. The Bertz CT molecular complexity index is 403. The summed E-state index contributed by atoms with van der Waals surface area (Å²) in [6, 6.07) is -1.64. The number of rotatable bonds is 2. The molecular formula is C11H17N3O4S. The molecule has 2 rings (SSSR count). The molecule has 0 aromatic carbocycles. The first-order chi connectivity index (χ1) is 9.06. The molecule has 8 heteroatoms. The fraction of sp³-hybridized carbons (Fsp3) is 0.727. The van der Waals surface area contributed by atoms with Crippen LogP contribution in [-0.2, 0) is 9.59 Å². The van der Waals surface area contributed by atoms with E-state index in [0.29, 0.717) is 31.1 Å². The molecule has 2 atom stereocenters. The summed E-state index contributed by atoms with van der Waals surface area (Å²) in [7, 11) is 0. The van der Waals surface area contributed by atoms with Gasteiger partial charge in [0.2, 0.25) is 5.91 Å². The maximum atomic E-state index is 12.4. The number of carboxylic acids is 1. The second-order valence-electron chi connectivity index (χ2n) is 4.51. The zero-order valence-electron chi connectivity index (χ0n) is 10.7. The van der Waals surface area contributed by atoms with Gasteiger partial charge in [-0.15, -0.1) is 11.8 Å². The Labute approximate surface area is 115 Å². The maximum absolute atomic E-state index is 12.4. The summed E-state index contributed by atoms with van der Waals surface area (Å²) in [5.74, 6) is -0.392. The molecular weight excluding hydrogens is 270 g/mol. The SMILES string of the molecule is CCC1C(=O)NCCN1C(=O)N1CSCC1C(=O)O. The average molecular weight is 287 g/mol. The van der Waals surface area contributed by atoms with Gasteiger partial charge in [-0.2, -0.15) is 0 Å². The van der Waals surface area contributed by atoms with E-state index < -0.39 is 18.1 Å². The summed E-state index contributed by atoms with van der Waals surface area (Å²) in [6.07, 6.45) is 0.524. The summed E-state index contributed by atoms with van der Waals surface area (Å²) in [5, 5.41) is 11.8. The minimum Gasteiger partial charge on any atom is -0.480 e. The minimum absolute atomic E-state index is 0.166. The number of urea groups is 1. The van der Waals surface area contributed by atoms with Crippen molar-refractivity contribution in [2.45, 2.75) is 25.4 Å². The van der Waals surface area contributed by atoms with Crippen LogP contribution in [-0.4, -0.2) is 69.6 Å². The van der Waals surface area contributed by atoms with E-state index in [2.05, 4.69) is 5.32 Å². The molecule has 2 saturated heterocycles. The third-order valence-corrected chi connectivity index (χ3v) is 4.39. The highest BCUT2D eigenvalue weighted by Crippen LogP contribution is 2.24. The number of piperazine rings is 1. The van der Waals surface area contributed by atoms with E-state index in [1.165, 1.54) is 21.6 Å². The molecule has 0 spiro atoms. The number of nitrogens with zero attached hydrogens (tertiary/aromatic N) is 2. The summed E-state index contributed by atoms with van der Waals surface area (Å²) in [5.41, 5.74) is 0. The van der Waals surface area contributed by atoms with Crippen molar-refractivity contribution in [1.29, 1.82) is 0 Å². The molecule has 0 aromatic heterocycles. The van der Waals surface area contributed by atoms with Crippen molar-refractivity contribution < 1.29 is 19.5 Å². The van der Waals surface area contributed by atoms with Gasteiger partial charge in [-0.3, -0.25) is 4.79 Å². The lowest BCUT2D eigenvalue weighted by Gasteiger charge is -2.37. The van der Waals surface area contributed by atoms with Gasteiger partial charge in [0, 0.05) is 18.8 Å². The molecule has 2 aliphatic heterocycles. The monoisotopic (exact) mass is 287 g/mol. The number of carboxylic acid groups (broad SMARTS) is 1.